The number of carbonyl (C=O) groups is 2. The zero-order valence-electron chi connectivity index (χ0n) is 15.6. The SMILES string of the molecule is CCC(C(=O)NC)N(Cc1ccc(C)cc1)C(=O)CSc1ccccc1. The standard InChI is InChI=1S/C21H26N2O2S/c1-4-19(21(25)22-3)23(14-17-12-10-16(2)11-13-17)20(24)15-26-18-8-6-5-7-9-18/h5-13,19H,4,14-15H2,1-3H3,(H,22,25). The first kappa shape index (κ1) is 20.0. The minimum absolute atomic E-state index is 0.0325. The maximum Gasteiger partial charge on any atom is 0.242 e. The summed E-state index contributed by atoms with van der Waals surface area (Å²) in [6.07, 6.45) is 0.577. The largest absolute Gasteiger partial charge is 0.357 e. The predicted molar refractivity (Wildman–Crippen MR) is 107 cm³/mol. The number of aryl methyl sites for hydroxylation is 1. The minimum Gasteiger partial charge on any atom is -0.357 e. The van der Waals surface area contributed by atoms with E-state index in [0.29, 0.717) is 18.7 Å². The fourth-order valence-corrected chi connectivity index (χ4v) is 3.53. The lowest BCUT2D eigenvalue weighted by atomic mass is 10.1. The van der Waals surface area contributed by atoms with Crippen LogP contribution in [0.3, 0.4) is 0 Å². The van der Waals surface area contributed by atoms with E-state index in [2.05, 4.69) is 5.32 Å². The third-order valence-electron chi connectivity index (χ3n) is 4.21. The van der Waals surface area contributed by atoms with Gasteiger partial charge < -0.3 is 10.2 Å². The van der Waals surface area contributed by atoms with Crippen LogP contribution in [0.15, 0.2) is 59.5 Å². The topological polar surface area (TPSA) is 49.4 Å². The fourth-order valence-electron chi connectivity index (χ4n) is 2.72. The van der Waals surface area contributed by atoms with E-state index in [4.69, 9.17) is 0 Å². The van der Waals surface area contributed by atoms with Crippen LogP contribution in [-0.2, 0) is 16.1 Å². The van der Waals surface area contributed by atoms with Crippen molar-refractivity contribution in [3.8, 4) is 0 Å². The summed E-state index contributed by atoms with van der Waals surface area (Å²) in [5.74, 6) is 0.149. The molecular formula is C21H26N2O2S. The van der Waals surface area contributed by atoms with Gasteiger partial charge in [0, 0.05) is 18.5 Å². The smallest absolute Gasteiger partial charge is 0.242 e. The van der Waals surface area contributed by atoms with E-state index in [9.17, 15) is 9.59 Å². The molecule has 0 heterocycles. The summed E-state index contributed by atoms with van der Waals surface area (Å²) in [5, 5.41) is 2.68. The zero-order valence-corrected chi connectivity index (χ0v) is 16.4. The Kier molecular flexibility index (Phi) is 7.73. The minimum atomic E-state index is -0.467. The average Bonchev–Trinajstić information content (AvgIpc) is 2.68. The van der Waals surface area contributed by atoms with E-state index in [1.807, 2.05) is 68.4 Å². The van der Waals surface area contributed by atoms with E-state index in [0.717, 1.165) is 10.5 Å². The van der Waals surface area contributed by atoms with Gasteiger partial charge in [0.15, 0.2) is 0 Å². The molecule has 26 heavy (non-hydrogen) atoms. The lowest BCUT2D eigenvalue weighted by Gasteiger charge is -2.30. The summed E-state index contributed by atoms with van der Waals surface area (Å²) in [6, 6.07) is 17.4. The van der Waals surface area contributed by atoms with Crippen LogP contribution < -0.4 is 5.32 Å². The van der Waals surface area contributed by atoms with Crippen LogP contribution in [0.25, 0.3) is 0 Å². The van der Waals surface area contributed by atoms with Crippen molar-refractivity contribution < 1.29 is 9.59 Å². The number of thioether (sulfide) groups is 1. The fraction of sp³-hybridized carbons (Fsp3) is 0.333. The first-order valence-corrected chi connectivity index (χ1v) is 9.78. The number of nitrogens with zero attached hydrogens (tertiary/aromatic N) is 1. The average molecular weight is 371 g/mol. The Bertz CT molecular complexity index is 717. The van der Waals surface area contributed by atoms with E-state index in [-0.39, 0.29) is 11.8 Å². The summed E-state index contributed by atoms with van der Waals surface area (Å²) < 4.78 is 0. The van der Waals surface area contributed by atoms with Gasteiger partial charge in [-0.05, 0) is 31.0 Å². The quantitative estimate of drug-likeness (QED) is 0.722. The Morgan fingerprint density at radius 1 is 1.08 bits per heavy atom. The molecule has 0 aromatic heterocycles. The van der Waals surface area contributed by atoms with Gasteiger partial charge in [0.1, 0.15) is 6.04 Å². The van der Waals surface area contributed by atoms with Gasteiger partial charge in [-0.15, -0.1) is 11.8 Å². The Labute approximate surface area is 160 Å². The molecule has 1 atom stereocenters. The third kappa shape index (κ3) is 5.63. The second kappa shape index (κ2) is 10.0. The first-order valence-electron chi connectivity index (χ1n) is 8.79. The van der Waals surface area contributed by atoms with Crippen molar-refractivity contribution in [1.29, 1.82) is 0 Å². The van der Waals surface area contributed by atoms with Crippen LogP contribution >= 0.6 is 11.8 Å². The molecule has 0 aliphatic rings. The molecule has 1 N–H and O–H groups in total. The number of amides is 2. The molecule has 0 aliphatic heterocycles. The number of hydrogen-bond acceptors (Lipinski definition) is 3. The van der Waals surface area contributed by atoms with Crippen LogP contribution in [0.5, 0.6) is 0 Å². The highest BCUT2D eigenvalue weighted by molar-refractivity contribution is 8.00. The van der Waals surface area contributed by atoms with Gasteiger partial charge in [0.2, 0.25) is 11.8 Å². The lowest BCUT2D eigenvalue weighted by Crippen LogP contribution is -2.48. The van der Waals surface area contributed by atoms with Gasteiger partial charge in [0.05, 0.1) is 5.75 Å². The Morgan fingerprint density at radius 2 is 1.73 bits per heavy atom. The number of hydrogen-bond donors (Lipinski definition) is 1. The maximum absolute atomic E-state index is 12.9. The molecule has 138 valence electrons. The molecule has 4 nitrogen and oxygen atoms in total. The van der Waals surface area contributed by atoms with E-state index < -0.39 is 6.04 Å². The molecule has 2 aromatic rings. The molecule has 0 saturated heterocycles. The number of carbonyl (C=O) groups excluding carboxylic acids is 2. The van der Waals surface area contributed by atoms with Crippen molar-refractivity contribution in [3.05, 3.63) is 65.7 Å². The van der Waals surface area contributed by atoms with Crippen LogP contribution in [0.2, 0.25) is 0 Å². The van der Waals surface area contributed by atoms with Crippen LogP contribution in [0, 0.1) is 6.92 Å². The van der Waals surface area contributed by atoms with Crippen molar-refractivity contribution >= 4 is 23.6 Å². The molecule has 1 unspecified atom stereocenters. The molecule has 2 rings (SSSR count). The zero-order chi connectivity index (χ0) is 18.9. The van der Waals surface area contributed by atoms with Gasteiger partial charge >= 0.3 is 0 Å². The van der Waals surface area contributed by atoms with E-state index in [1.54, 1.807) is 11.9 Å². The van der Waals surface area contributed by atoms with Crippen molar-refractivity contribution in [1.82, 2.24) is 10.2 Å². The highest BCUT2D eigenvalue weighted by Gasteiger charge is 2.27. The Hall–Kier alpha value is -2.27. The Morgan fingerprint density at radius 3 is 2.31 bits per heavy atom. The first-order chi connectivity index (χ1) is 12.5. The van der Waals surface area contributed by atoms with Crippen molar-refractivity contribution in [2.45, 2.75) is 37.8 Å². The van der Waals surface area contributed by atoms with Gasteiger partial charge in [-0.1, -0.05) is 55.0 Å². The number of rotatable bonds is 8. The monoisotopic (exact) mass is 370 g/mol. The van der Waals surface area contributed by atoms with Gasteiger partial charge in [-0.2, -0.15) is 0 Å². The summed E-state index contributed by atoms with van der Waals surface area (Å²) in [4.78, 5) is 28.0. The highest BCUT2D eigenvalue weighted by Crippen LogP contribution is 2.20. The van der Waals surface area contributed by atoms with Crippen LogP contribution in [-0.4, -0.2) is 35.6 Å². The van der Waals surface area contributed by atoms with Gasteiger partial charge in [0.25, 0.3) is 0 Å². The van der Waals surface area contributed by atoms with E-state index >= 15 is 0 Å². The number of benzene rings is 2. The van der Waals surface area contributed by atoms with E-state index in [1.165, 1.54) is 17.3 Å². The summed E-state index contributed by atoms with van der Waals surface area (Å²) in [7, 11) is 1.61. The van der Waals surface area contributed by atoms with Crippen LogP contribution in [0.4, 0.5) is 0 Å². The molecule has 0 aliphatic carbocycles. The second-order valence-electron chi connectivity index (χ2n) is 6.15. The predicted octanol–water partition coefficient (Wildman–Crippen LogP) is 3.64. The molecule has 0 radical (unpaired) electrons. The molecule has 0 fully saturated rings. The maximum atomic E-state index is 12.9. The Balaban J connectivity index is 2.16. The third-order valence-corrected chi connectivity index (χ3v) is 5.21. The summed E-state index contributed by atoms with van der Waals surface area (Å²) in [6.45, 7) is 4.39. The molecule has 2 amide bonds. The molecular weight excluding hydrogens is 344 g/mol. The molecule has 2 aromatic carbocycles. The summed E-state index contributed by atoms with van der Waals surface area (Å²) >= 11 is 1.49. The van der Waals surface area contributed by atoms with Crippen molar-refractivity contribution in [2.75, 3.05) is 12.8 Å². The molecule has 5 heteroatoms. The molecule has 0 bridgehead atoms. The number of likely N-dealkylation sites (N-methyl/N-ethyl adjacent to an activating group) is 1. The number of nitrogens with one attached hydrogen (secondary N) is 1. The molecule has 0 spiro atoms. The highest BCUT2D eigenvalue weighted by atomic mass is 32.2. The normalized spacial score (nSPS) is 11.7. The lowest BCUT2D eigenvalue weighted by molar-refractivity contribution is -0.139. The van der Waals surface area contributed by atoms with Crippen LogP contribution in [0.1, 0.15) is 24.5 Å². The van der Waals surface area contributed by atoms with Gasteiger partial charge in [-0.3, -0.25) is 9.59 Å². The second-order valence-corrected chi connectivity index (χ2v) is 7.20. The van der Waals surface area contributed by atoms with Crippen molar-refractivity contribution in [3.63, 3.8) is 0 Å². The van der Waals surface area contributed by atoms with Crippen molar-refractivity contribution in [2.24, 2.45) is 0 Å². The van der Waals surface area contributed by atoms with Gasteiger partial charge in [-0.25, -0.2) is 0 Å². The molecule has 0 saturated carbocycles. The summed E-state index contributed by atoms with van der Waals surface area (Å²) in [5.41, 5.74) is 2.20.